The Labute approximate surface area is 151 Å². The van der Waals surface area contributed by atoms with Crippen LogP contribution in [0.15, 0.2) is 24.3 Å². The van der Waals surface area contributed by atoms with Gasteiger partial charge in [0.25, 0.3) is 5.91 Å². The summed E-state index contributed by atoms with van der Waals surface area (Å²) in [5, 5.41) is 0. The van der Waals surface area contributed by atoms with E-state index in [-0.39, 0.29) is 5.91 Å². The summed E-state index contributed by atoms with van der Waals surface area (Å²) in [6.07, 6.45) is 6.43. The normalized spacial score (nSPS) is 28.6. The van der Waals surface area contributed by atoms with E-state index in [1.165, 1.54) is 11.1 Å². The van der Waals surface area contributed by atoms with Crippen LogP contribution in [0.5, 0.6) is 0 Å². The number of amides is 1. The molecule has 1 atom stereocenters. The summed E-state index contributed by atoms with van der Waals surface area (Å²) >= 11 is 0. The molecule has 2 heterocycles. The lowest BCUT2D eigenvalue weighted by atomic mass is 9.94. The van der Waals surface area contributed by atoms with Gasteiger partial charge in [-0.2, -0.15) is 0 Å². The Kier molecular flexibility index (Phi) is 4.83. The Balaban J connectivity index is 1.37. The zero-order valence-corrected chi connectivity index (χ0v) is 15.4. The molecule has 2 aliphatic heterocycles. The highest BCUT2D eigenvalue weighted by atomic mass is 16.5. The number of fused-ring (bicyclic) bond motifs is 1. The number of carbonyl (C=O) groups is 1. The minimum atomic E-state index is -0.586. The molecule has 25 heavy (non-hydrogen) atoms. The monoisotopic (exact) mass is 342 g/mol. The highest BCUT2D eigenvalue weighted by Crippen LogP contribution is 2.29. The fourth-order valence-corrected chi connectivity index (χ4v) is 4.74. The first-order valence-electron chi connectivity index (χ1n) is 9.90. The van der Waals surface area contributed by atoms with E-state index >= 15 is 0 Å². The molecule has 0 spiro atoms. The lowest BCUT2D eigenvalue weighted by Crippen LogP contribution is -2.51. The number of ether oxygens (including phenoxy) is 1. The molecule has 2 saturated heterocycles. The highest BCUT2D eigenvalue weighted by molar-refractivity contribution is 5.85. The number of nitrogens with zero attached hydrogens (tertiary/aromatic N) is 2. The molecule has 4 nitrogen and oxygen atoms in total. The number of carbonyl (C=O) groups excluding carboxylic acids is 1. The van der Waals surface area contributed by atoms with E-state index in [0.29, 0.717) is 6.04 Å². The van der Waals surface area contributed by atoms with Crippen LogP contribution in [-0.2, 0) is 22.4 Å². The fraction of sp³-hybridized carbons (Fsp3) is 0.667. The van der Waals surface area contributed by atoms with Crippen molar-refractivity contribution in [2.45, 2.75) is 57.1 Å². The molecule has 0 saturated carbocycles. The van der Waals surface area contributed by atoms with E-state index in [1.54, 1.807) is 0 Å². The quantitative estimate of drug-likeness (QED) is 0.828. The standard InChI is InChI=1S/C21H30N2O2/c1-21(9-4-5-14-25-21)20(24)23-11-6-10-22(12-13-23)19-15-17-7-2-3-8-18(17)16-19/h2-3,7-8,19H,4-6,9-16H2,1H3/t21-/m0/s1. The maximum Gasteiger partial charge on any atom is 0.254 e. The maximum atomic E-state index is 13.0. The zero-order chi connectivity index (χ0) is 17.3. The van der Waals surface area contributed by atoms with Crippen LogP contribution in [0.4, 0.5) is 0 Å². The van der Waals surface area contributed by atoms with Crippen molar-refractivity contribution >= 4 is 5.91 Å². The van der Waals surface area contributed by atoms with Crippen molar-refractivity contribution in [1.29, 1.82) is 0 Å². The van der Waals surface area contributed by atoms with Crippen LogP contribution in [0.25, 0.3) is 0 Å². The van der Waals surface area contributed by atoms with E-state index in [0.717, 1.165) is 71.3 Å². The van der Waals surface area contributed by atoms with Crippen LogP contribution in [-0.4, -0.2) is 60.1 Å². The first-order valence-corrected chi connectivity index (χ1v) is 9.90. The summed E-state index contributed by atoms with van der Waals surface area (Å²) in [6.45, 7) is 6.51. The molecular weight excluding hydrogens is 312 g/mol. The molecule has 136 valence electrons. The minimum absolute atomic E-state index is 0.212. The number of benzene rings is 1. The molecule has 2 fully saturated rings. The molecular formula is C21H30N2O2. The molecule has 1 aromatic carbocycles. The predicted molar refractivity (Wildman–Crippen MR) is 98.6 cm³/mol. The molecule has 1 amide bonds. The first-order chi connectivity index (χ1) is 12.2. The number of rotatable bonds is 2. The van der Waals surface area contributed by atoms with Gasteiger partial charge >= 0.3 is 0 Å². The largest absolute Gasteiger partial charge is 0.365 e. The van der Waals surface area contributed by atoms with Gasteiger partial charge in [0.2, 0.25) is 0 Å². The van der Waals surface area contributed by atoms with E-state index < -0.39 is 5.60 Å². The Bertz CT molecular complexity index is 599. The van der Waals surface area contributed by atoms with Crippen molar-refractivity contribution in [3.8, 4) is 0 Å². The van der Waals surface area contributed by atoms with Crippen molar-refractivity contribution < 1.29 is 9.53 Å². The third-order valence-electron chi connectivity index (χ3n) is 6.28. The topological polar surface area (TPSA) is 32.8 Å². The Hall–Kier alpha value is -1.39. The van der Waals surface area contributed by atoms with Crippen molar-refractivity contribution in [3.05, 3.63) is 35.4 Å². The lowest BCUT2D eigenvalue weighted by molar-refractivity contribution is -0.161. The van der Waals surface area contributed by atoms with E-state index in [1.807, 2.05) is 6.92 Å². The molecule has 0 radical (unpaired) electrons. The van der Waals surface area contributed by atoms with Crippen molar-refractivity contribution in [1.82, 2.24) is 9.80 Å². The predicted octanol–water partition coefficient (Wildman–Crippen LogP) is 2.65. The van der Waals surface area contributed by atoms with Crippen LogP contribution in [0.2, 0.25) is 0 Å². The van der Waals surface area contributed by atoms with Gasteiger partial charge in [-0.3, -0.25) is 9.69 Å². The first kappa shape index (κ1) is 17.0. The van der Waals surface area contributed by atoms with Crippen LogP contribution < -0.4 is 0 Å². The average Bonchev–Trinajstić information content (AvgIpc) is 2.91. The van der Waals surface area contributed by atoms with Gasteiger partial charge in [0, 0.05) is 38.8 Å². The van der Waals surface area contributed by atoms with Gasteiger partial charge in [-0.05, 0) is 56.6 Å². The Morgan fingerprint density at radius 3 is 2.48 bits per heavy atom. The number of hydrogen-bond donors (Lipinski definition) is 0. The van der Waals surface area contributed by atoms with Crippen LogP contribution >= 0.6 is 0 Å². The van der Waals surface area contributed by atoms with Crippen molar-refractivity contribution in [3.63, 3.8) is 0 Å². The van der Waals surface area contributed by atoms with Gasteiger partial charge in [-0.15, -0.1) is 0 Å². The summed E-state index contributed by atoms with van der Waals surface area (Å²) in [7, 11) is 0. The van der Waals surface area contributed by atoms with Crippen molar-refractivity contribution in [2.75, 3.05) is 32.8 Å². The SMILES string of the molecule is C[C@@]1(C(=O)N2CCCN(C3Cc4ccccc4C3)CC2)CCCCO1. The smallest absolute Gasteiger partial charge is 0.254 e. The summed E-state index contributed by atoms with van der Waals surface area (Å²) < 4.78 is 5.89. The Morgan fingerprint density at radius 2 is 1.80 bits per heavy atom. The molecule has 0 bridgehead atoms. The van der Waals surface area contributed by atoms with Gasteiger partial charge < -0.3 is 9.64 Å². The van der Waals surface area contributed by atoms with E-state index in [2.05, 4.69) is 34.1 Å². The third-order valence-corrected chi connectivity index (χ3v) is 6.28. The number of hydrogen-bond acceptors (Lipinski definition) is 3. The molecule has 3 aliphatic rings. The maximum absolute atomic E-state index is 13.0. The zero-order valence-electron chi connectivity index (χ0n) is 15.4. The summed E-state index contributed by atoms with van der Waals surface area (Å²) in [5.41, 5.74) is 2.43. The van der Waals surface area contributed by atoms with Gasteiger partial charge in [-0.1, -0.05) is 24.3 Å². The van der Waals surface area contributed by atoms with Gasteiger partial charge in [-0.25, -0.2) is 0 Å². The van der Waals surface area contributed by atoms with Gasteiger partial charge in [0.05, 0.1) is 0 Å². The fourth-order valence-electron chi connectivity index (χ4n) is 4.74. The van der Waals surface area contributed by atoms with Gasteiger partial charge in [0.1, 0.15) is 5.60 Å². The van der Waals surface area contributed by atoms with Crippen molar-refractivity contribution in [2.24, 2.45) is 0 Å². The third kappa shape index (κ3) is 3.47. The molecule has 0 N–H and O–H groups in total. The molecule has 1 aliphatic carbocycles. The molecule has 1 aromatic rings. The van der Waals surface area contributed by atoms with Crippen LogP contribution in [0.1, 0.15) is 43.7 Å². The van der Waals surface area contributed by atoms with Crippen LogP contribution in [0.3, 0.4) is 0 Å². The molecule has 0 unspecified atom stereocenters. The lowest BCUT2D eigenvalue weighted by Gasteiger charge is -2.36. The van der Waals surface area contributed by atoms with Gasteiger partial charge in [0.15, 0.2) is 0 Å². The second-order valence-electron chi connectivity index (χ2n) is 8.05. The second-order valence-corrected chi connectivity index (χ2v) is 8.05. The minimum Gasteiger partial charge on any atom is -0.365 e. The van der Waals surface area contributed by atoms with Crippen LogP contribution in [0, 0.1) is 0 Å². The highest BCUT2D eigenvalue weighted by Gasteiger charge is 2.40. The Morgan fingerprint density at radius 1 is 1.04 bits per heavy atom. The summed E-state index contributed by atoms with van der Waals surface area (Å²) in [5.74, 6) is 0.212. The second kappa shape index (κ2) is 7.08. The molecule has 4 rings (SSSR count). The van der Waals surface area contributed by atoms with E-state index in [4.69, 9.17) is 4.74 Å². The average molecular weight is 342 g/mol. The molecule has 4 heteroatoms. The van der Waals surface area contributed by atoms with E-state index in [9.17, 15) is 4.79 Å². The molecule has 0 aromatic heterocycles. The summed E-state index contributed by atoms with van der Waals surface area (Å²) in [4.78, 5) is 17.7. The summed E-state index contributed by atoms with van der Waals surface area (Å²) in [6, 6.07) is 9.44.